The summed E-state index contributed by atoms with van der Waals surface area (Å²) in [4.78, 5) is 4.46. The first-order valence-corrected chi connectivity index (χ1v) is 4.82. The Labute approximate surface area is 81.5 Å². The third kappa shape index (κ3) is 1.71. The van der Waals surface area contributed by atoms with Crippen LogP contribution in [-0.2, 0) is 0 Å². The standard InChI is InChI=1S/C11H20N2/c1-7-12-9(2)8-13(10(12)3)11(4,5)6/h8H,3,7H2,1-2,4-6H3. The molecule has 0 aromatic carbocycles. The molecule has 2 nitrogen and oxygen atoms in total. The van der Waals surface area contributed by atoms with Crippen LogP contribution >= 0.6 is 0 Å². The molecule has 0 saturated heterocycles. The quantitative estimate of drug-likeness (QED) is 0.612. The summed E-state index contributed by atoms with van der Waals surface area (Å²) in [7, 11) is 0. The monoisotopic (exact) mass is 180 g/mol. The van der Waals surface area contributed by atoms with Gasteiger partial charge in [-0.05, 0) is 34.6 Å². The van der Waals surface area contributed by atoms with Crippen LogP contribution in [-0.4, -0.2) is 21.9 Å². The van der Waals surface area contributed by atoms with Crippen LogP contribution in [0.15, 0.2) is 24.3 Å². The van der Waals surface area contributed by atoms with Crippen LogP contribution in [0, 0.1) is 0 Å². The van der Waals surface area contributed by atoms with Gasteiger partial charge in [-0.1, -0.05) is 6.58 Å². The normalized spacial score (nSPS) is 18.2. The first-order chi connectivity index (χ1) is 5.88. The van der Waals surface area contributed by atoms with Crippen LogP contribution < -0.4 is 0 Å². The topological polar surface area (TPSA) is 6.48 Å². The first-order valence-electron chi connectivity index (χ1n) is 4.82. The van der Waals surface area contributed by atoms with Gasteiger partial charge in [0.25, 0.3) is 0 Å². The van der Waals surface area contributed by atoms with E-state index in [0.29, 0.717) is 0 Å². The van der Waals surface area contributed by atoms with Crippen molar-refractivity contribution < 1.29 is 0 Å². The van der Waals surface area contributed by atoms with Crippen molar-refractivity contribution >= 4 is 0 Å². The molecule has 1 aliphatic heterocycles. The van der Waals surface area contributed by atoms with Crippen molar-refractivity contribution in [2.24, 2.45) is 0 Å². The lowest BCUT2D eigenvalue weighted by Crippen LogP contribution is -2.37. The molecule has 1 aliphatic rings. The number of allylic oxidation sites excluding steroid dienone is 1. The lowest BCUT2D eigenvalue weighted by atomic mass is 10.1. The zero-order valence-electron chi connectivity index (χ0n) is 9.39. The van der Waals surface area contributed by atoms with E-state index in [2.05, 4.69) is 57.2 Å². The second-order valence-electron chi connectivity index (χ2n) is 4.47. The van der Waals surface area contributed by atoms with E-state index in [9.17, 15) is 0 Å². The summed E-state index contributed by atoms with van der Waals surface area (Å²) in [6, 6.07) is 0. The molecule has 0 aromatic rings. The third-order valence-electron chi connectivity index (χ3n) is 2.37. The van der Waals surface area contributed by atoms with Crippen molar-refractivity contribution in [2.75, 3.05) is 6.54 Å². The fourth-order valence-electron chi connectivity index (χ4n) is 1.68. The van der Waals surface area contributed by atoms with Gasteiger partial charge in [-0.3, -0.25) is 0 Å². The smallest absolute Gasteiger partial charge is 0.105 e. The van der Waals surface area contributed by atoms with Gasteiger partial charge < -0.3 is 9.80 Å². The maximum absolute atomic E-state index is 4.10. The van der Waals surface area contributed by atoms with Crippen molar-refractivity contribution in [1.82, 2.24) is 9.80 Å². The lowest BCUT2D eigenvalue weighted by molar-refractivity contribution is 0.228. The van der Waals surface area contributed by atoms with Gasteiger partial charge in [-0.25, -0.2) is 0 Å². The molecule has 0 radical (unpaired) electrons. The average molecular weight is 180 g/mol. The second kappa shape index (κ2) is 3.09. The van der Waals surface area contributed by atoms with E-state index in [0.717, 1.165) is 12.4 Å². The SMILES string of the molecule is C=C1N(CC)C(C)=CN1C(C)(C)C. The minimum absolute atomic E-state index is 0.127. The highest BCUT2D eigenvalue weighted by atomic mass is 15.4. The zero-order valence-corrected chi connectivity index (χ0v) is 9.39. The number of nitrogens with zero attached hydrogens (tertiary/aromatic N) is 2. The summed E-state index contributed by atoms with van der Waals surface area (Å²) in [5.41, 5.74) is 1.41. The predicted molar refractivity (Wildman–Crippen MR) is 56.9 cm³/mol. The van der Waals surface area contributed by atoms with E-state index in [-0.39, 0.29) is 5.54 Å². The first kappa shape index (κ1) is 10.2. The van der Waals surface area contributed by atoms with E-state index in [1.807, 2.05) is 0 Å². The molecule has 74 valence electrons. The maximum Gasteiger partial charge on any atom is 0.105 e. The molecular weight excluding hydrogens is 160 g/mol. The van der Waals surface area contributed by atoms with Gasteiger partial charge in [0.2, 0.25) is 0 Å². The predicted octanol–water partition coefficient (Wildman–Crippen LogP) is 2.75. The van der Waals surface area contributed by atoms with Gasteiger partial charge in [0, 0.05) is 24.0 Å². The Kier molecular flexibility index (Phi) is 2.42. The van der Waals surface area contributed by atoms with E-state index in [1.165, 1.54) is 5.70 Å². The largest absolute Gasteiger partial charge is 0.331 e. The number of rotatable bonds is 1. The maximum atomic E-state index is 4.10. The van der Waals surface area contributed by atoms with E-state index < -0.39 is 0 Å². The molecule has 0 aliphatic carbocycles. The van der Waals surface area contributed by atoms with Crippen LogP contribution in [0.1, 0.15) is 34.6 Å². The summed E-state index contributed by atoms with van der Waals surface area (Å²) in [5.74, 6) is 1.09. The molecular formula is C11H20N2. The number of hydrogen-bond acceptors (Lipinski definition) is 2. The molecule has 0 amide bonds. The summed E-state index contributed by atoms with van der Waals surface area (Å²) in [5, 5.41) is 0. The van der Waals surface area contributed by atoms with Crippen LogP contribution in [0.2, 0.25) is 0 Å². The fraction of sp³-hybridized carbons (Fsp3) is 0.636. The molecule has 0 bridgehead atoms. The third-order valence-corrected chi connectivity index (χ3v) is 2.37. The van der Waals surface area contributed by atoms with Crippen molar-refractivity contribution in [2.45, 2.75) is 40.2 Å². The van der Waals surface area contributed by atoms with Gasteiger partial charge in [-0.15, -0.1) is 0 Å². The van der Waals surface area contributed by atoms with E-state index in [1.54, 1.807) is 0 Å². The number of hydrogen-bond donors (Lipinski definition) is 0. The summed E-state index contributed by atoms with van der Waals surface area (Å²) >= 11 is 0. The molecule has 0 spiro atoms. The van der Waals surface area contributed by atoms with Gasteiger partial charge in [0.15, 0.2) is 0 Å². The Morgan fingerprint density at radius 3 is 2.15 bits per heavy atom. The Hall–Kier alpha value is -0.920. The second-order valence-corrected chi connectivity index (χ2v) is 4.47. The molecule has 0 N–H and O–H groups in total. The van der Waals surface area contributed by atoms with Crippen LogP contribution in [0.4, 0.5) is 0 Å². The van der Waals surface area contributed by atoms with Crippen molar-refractivity contribution in [3.63, 3.8) is 0 Å². The van der Waals surface area contributed by atoms with Crippen LogP contribution in [0.5, 0.6) is 0 Å². The molecule has 13 heavy (non-hydrogen) atoms. The highest BCUT2D eigenvalue weighted by Crippen LogP contribution is 2.30. The highest BCUT2D eigenvalue weighted by Gasteiger charge is 2.29. The Morgan fingerprint density at radius 1 is 1.38 bits per heavy atom. The fourth-order valence-corrected chi connectivity index (χ4v) is 1.68. The van der Waals surface area contributed by atoms with E-state index in [4.69, 9.17) is 0 Å². The zero-order chi connectivity index (χ0) is 10.2. The minimum atomic E-state index is 0.127. The van der Waals surface area contributed by atoms with Gasteiger partial charge in [0.05, 0.1) is 0 Å². The molecule has 0 fully saturated rings. The lowest BCUT2D eigenvalue weighted by Gasteiger charge is -2.34. The summed E-state index contributed by atoms with van der Waals surface area (Å²) < 4.78 is 0. The molecule has 0 aromatic heterocycles. The van der Waals surface area contributed by atoms with E-state index >= 15 is 0 Å². The Bertz CT molecular complexity index is 245. The van der Waals surface area contributed by atoms with Crippen LogP contribution in [0.25, 0.3) is 0 Å². The molecule has 2 heteroatoms. The molecule has 0 saturated carbocycles. The summed E-state index contributed by atoms with van der Waals surface area (Å²) in [6.07, 6.45) is 2.17. The van der Waals surface area contributed by atoms with Crippen molar-refractivity contribution in [3.05, 3.63) is 24.3 Å². The molecule has 1 heterocycles. The molecule has 0 atom stereocenters. The van der Waals surface area contributed by atoms with Crippen molar-refractivity contribution in [3.8, 4) is 0 Å². The average Bonchev–Trinajstić information content (AvgIpc) is 2.25. The van der Waals surface area contributed by atoms with Crippen molar-refractivity contribution in [1.29, 1.82) is 0 Å². The Balaban J connectivity index is 2.90. The van der Waals surface area contributed by atoms with Gasteiger partial charge in [-0.2, -0.15) is 0 Å². The molecule has 0 unspecified atom stereocenters. The Morgan fingerprint density at radius 2 is 1.92 bits per heavy atom. The molecule has 1 rings (SSSR count). The van der Waals surface area contributed by atoms with Gasteiger partial charge >= 0.3 is 0 Å². The minimum Gasteiger partial charge on any atom is -0.331 e. The van der Waals surface area contributed by atoms with Crippen LogP contribution in [0.3, 0.4) is 0 Å². The summed E-state index contributed by atoms with van der Waals surface area (Å²) in [6.45, 7) is 16.0. The highest BCUT2D eigenvalue weighted by molar-refractivity contribution is 5.20. The van der Waals surface area contributed by atoms with Gasteiger partial charge in [0.1, 0.15) is 5.82 Å².